The van der Waals surface area contributed by atoms with E-state index in [-0.39, 0.29) is 38.1 Å². The van der Waals surface area contributed by atoms with Crippen molar-refractivity contribution in [3.63, 3.8) is 0 Å². The van der Waals surface area contributed by atoms with Gasteiger partial charge in [-0.3, -0.25) is 0 Å². The lowest BCUT2D eigenvalue weighted by atomic mass is 9.46. The fraction of sp³-hybridized carbons (Fsp3) is 0.750. The SMILES string of the molecule is CC1=C(C)C(C)(C)C(C)(C)C(C)(C)O1.CC1=C(C)C(C)(C)C(C)(C)C2(O1)Oc1c(C)c(C)c(C)c(C)c1C(C)(C)C2(C)C. The molecule has 0 fully saturated rings. The van der Waals surface area contributed by atoms with Crippen LogP contribution in [-0.2, 0) is 14.9 Å². The summed E-state index contributed by atoms with van der Waals surface area (Å²) >= 11 is 0. The van der Waals surface area contributed by atoms with Gasteiger partial charge in [-0.1, -0.05) is 83.1 Å². The molecule has 0 amide bonds. The molecule has 0 saturated carbocycles. The molecule has 43 heavy (non-hydrogen) atoms. The molecule has 1 aromatic carbocycles. The van der Waals surface area contributed by atoms with Gasteiger partial charge in [-0.05, 0) is 108 Å². The first kappa shape index (κ1) is 35.6. The maximum Gasteiger partial charge on any atom is 0.262 e. The second-order valence-electron chi connectivity index (χ2n) is 17.7. The number of hydrogen-bond donors (Lipinski definition) is 0. The fourth-order valence-electron chi connectivity index (χ4n) is 8.20. The molecule has 3 aliphatic heterocycles. The van der Waals surface area contributed by atoms with Crippen LogP contribution in [0.3, 0.4) is 0 Å². The maximum absolute atomic E-state index is 7.17. The Kier molecular flexibility index (Phi) is 8.11. The number of rotatable bonds is 0. The predicted molar refractivity (Wildman–Crippen MR) is 184 cm³/mol. The van der Waals surface area contributed by atoms with Crippen LogP contribution < -0.4 is 4.74 Å². The minimum atomic E-state index is -0.775. The minimum absolute atomic E-state index is 0.0666. The molecule has 1 unspecified atom stereocenters. The first-order valence-corrected chi connectivity index (χ1v) is 16.5. The van der Waals surface area contributed by atoms with Gasteiger partial charge >= 0.3 is 0 Å². The number of ether oxygens (including phenoxy) is 3. The largest absolute Gasteiger partial charge is 0.492 e. The van der Waals surface area contributed by atoms with E-state index in [1.165, 1.54) is 39.0 Å². The lowest BCUT2D eigenvalue weighted by molar-refractivity contribution is -0.337. The van der Waals surface area contributed by atoms with Crippen LogP contribution in [0.2, 0.25) is 0 Å². The van der Waals surface area contributed by atoms with E-state index in [0.717, 1.165) is 17.3 Å². The Morgan fingerprint density at radius 2 is 0.744 bits per heavy atom. The molecule has 244 valence electrons. The number of benzene rings is 1. The van der Waals surface area contributed by atoms with Gasteiger partial charge < -0.3 is 14.2 Å². The van der Waals surface area contributed by atoms with Crippen molar-refractivity contribution in [1.29, 1.82) is 0 Å². The van der Waals surface area contributed by atoms with Crippen LogP contribution in [0.25, 0.3) is 0 Å². The monoisotopic (exact) mass is 595 g/mol. The Bertz CT molecular complexity index is 1390. The van der Waals surface area contributed by atoms with E-state index in [1.54, 1.807) is 0 Å². The minimum Gasteiger partial charge on any atom is -0.492 e. The third kappa shape index (κ3) is 4.25. The Morgan fingerprint density at radius 3 is 1.21 bits per heavy atom. The van der Waals surface area contributed by atoms with Crippen LogP contribution in [0, 0.1) is 54.8 Å². The van der Waals surface area contributed by atoms with Crippen molar-refractivity contribution in [2.75, 3.05) is 0 Å². The third-order valence-electron chi connectivity index (χ3n) is 15.0. The Labute approximate surface area is 266 Å². The van der Waals surface area contributed by atoms with Crippen LogP contribution in [0.1, 0.15) is 152 Å². The topological polar surface area (TPSA) is 27.7 Å². The second-order valence-corrected chi connectivity index (χ2v) is 17.7. The van der Waals surface area contributed by atoms with Crippen LogP contribution in [0.5, 0.6) is 5.75 Å². The van der Waals surface area contributed by atoms with E-state index >= 15 is 0 Å². The summed E-state index contributed by atoms with van der Waals surface area (Å²) in [6.07, 6.45) is 0. The first-order chi connectivity index (χ1) is 18.9. The lowest BCUT2D eigenvalue weighted by Crippen LogP contribution is -2.73. The van der Waals surface area contributed by atoms with Gasteiger partial charge in [0.25, 0.3) is 5.79 Å². The van der Waals surface area contributed by atoms with Gasteiger partial charge in [0.05, 0.1) is 22.3 Å². The van der Waals surface area contributed by atoms with Crippen molar-refractivity contribution in [1.82, 2.24) is 0 Å². The summed E-state index contributed by atoms with van der Waals surface area (Å²) < 4.78 is 20.1. The highest BCUT2D eigenvalue weighted by atomic mass is 16.7. The molecule has 0 N–H and O–H groups in total. The third-order valence-corrected chi connectivity index (χ3v) is 15.0. The van der Waals surface area contributed by atoms with Crippen molar-refractivity contribution in [2.45, 2.75) is 169 Å². The highest BCUT2D eigenvalue weighted by Gasteiger charge is 2.73. The highest BCUT2D eigenvalue weighted by Crippen LogP contribution is 2.69. The quantitative estimate of drug-likeness (QED) is 0.299. The van der Waals surface area contributed by atoms with Gasteiger partial charge in [-0.2, -0.15) is 0 Å². The van der Waals surface area contributed by atoms with Gasteiger partial charge in [0.1, 0.15) is 11.4 Å². The Balaban J connectivity index is 0.000000303. The molecule has 0 radical (unpaired) electrons. The molecule has 1 aromatic rings. The molecule has 3 heteroatoms. The van der Waals surface area contributed by atoms with Crippen LogP contribution in [-0.4, -0.2) is 11.4 Å². The molecule has 3 aliphatic rings. The normalized spacial score (nSPS) is 28.6. The average Bonchev–Trinajstić information content (AvgIpc) is 2.86. The fourth-order valence-corrected chi connectivity index (χ4v) is 8.20. The van der Waals surface area contributed by atoms with Crippen LogP contribution >= 0.6 is 0 Å². The summed E-state index contributed by atoms with van der Waals surface area (Å²) in [5.74, 6) is 2.35. The standard InChI is InChI=1S/C27H42O2.C13H24O/c1-15-16(2)18(4)22-21(17(15)3)24(9,10)26(13,14)27(29-22)25(11,12)23(7,8)19(5)20(6)28-27;1-9-10(2)14-13(7,8)12(5,6)11(9,3)4/h1-14H3;1-8H3. The molecule has 3 heterocycles. The zero-order chi connectivity index (χ0) is 33.9. The summed E-state index contributed by atoms with van der Waals surface area (Å²) in [6.45, 7) is 49.9. The Morgan fingerprint density at radius 1 is 0.372 bits per heavy atom. The van der Waals surface area contributed by atoms with Crippen molar-refractivity contribution in [3.05, 3.63) is 50.5 Å². The maximum atomic E-state index is 7.17. The van der Waals surface area contributed by atoms with Gasteiger partial charge in [0, 0.05) is 21.8 Å². The predicted octanol–water partition coefficient (Wildman–Crippen LogP) is 11.8. The van der Waals surface area contributed by atoms with Gasteiger partial charge in [-0.15, -0.1) is 0 Å². The van der Waals surface area contributed by atoms with Gasteiger partial charge in [0.2, 0.25) is 0 Å². The molecule has 3 nitrogen and oxygen atoms in total. The molecule has 0 bridgehead atoms. The smallest absolute Gasteiger partial charge is 0.262 e. The summed E-state index contributed by atoms with van der Waals surface area (Å²) in [6, 6.07) is 0. The number of fused-ring (bicyclic) bond motifs is 1. The van der Waals surface area contributed by atoms with E-state index in [4.69, 9.17) is 14.2 Å². The molecule has 0 aromatic heterocycles. The van der Waals surface area contributed by atoms with Crippen molar-refractivity contribution in [3.8, 4) is 5.75 Å². The second kappa shape index (κ2) is 9.80. The van der Waals surface area contributed by atoms with E-state index in [9.17, 15) is 0 Å². The zero-order valence-corrected chi connectivity index (χ0v) is 32.2. The van der Waals surface area contributed by atoms with E-state index < -0.39 is 5.79 Å². The van der Waals surface area contributed by atoms with Crippen LogP contribution in [0.15, 0.2) is 22.7 Å². The summed E-state index contributed by atoms with van der Waals surface area (Å²) in [7, 11) is 0. The first-order valence-electron chi connectivity index (χ1n) is 16.5. The lowest BCUT2D eigenvalue weighted by Gasteiger charge is -2.67. The van der Waals surface area contributed by atoms with Crippen molar-refractivity contribution >= 4 is 0 Å². The molecular weight excluding hydrogens is 528 g/mol. The average molecular weight is 595 g/mol. The summed E-state index contributed by atoms with van der Waals surface area (Å²) in [5.41, 5.74) is 8.85. The molecular formula is C40H66O3. The van der Waals surface area contributed by atoms with Crippen molar-refractivity contribution in [2.24, 2.45) is 27.1 Å². The van der Waals surface area contributed by atoms with Crippen molar-refractivity contribution < 1.29 is 14.2 Å². The Hall–Kier alpha value is -1.90. The van der Waals surface area contributed by atoms with Crippen LogP contribution in [0.4, 0.5) is 0 Å². The highest BCUT2D eigenvalue weighted by molar-refractivity contribution is 5.59. The molecule has 4 rings (SSSR count). The summed E-state index contributed by atoms with van der Waals surface area (Å²) in [5, 5.41) is 0. The van der Waals surface area contributed by atoms with E-state index in [1.807, 2.05) is 0 Å². The molecule has 1 spiro atoms. The van der Waals surface area contributed by atoms with Gasteiger partial charge in [0.15, 0.2) is 0 Å². The zero-order valence-electron chi connectivity index (χ0n) is 32.2. The molecule has 0 saturated heterocycles. The number of hydrogen-bond acceptors (Lipinski definition) is 3. The molecule has 0 aliphatic carbocycles. The molecule has 1 atom stereocenters. The van der Waals surface area contributed by atoms with E-state index in [0.29, 0.717) is 0 Å². The van der Waals surface area contributed by atoms with E-state index in [2.05, 4.69) is 152 Å². The number of allylic oxidation sites excluding steroid dienone is 4. The summed E-state index contributed by atoms with van der Waals surface area (Å²) in [4.78, 5) is 0. The van der Waals surface area contributed by atoms with Gasteiger partial charge in [-0.25, -0.2) is 0 Å².